The molecule has 0 aromatic heterocycles. The lowest BCUT2D eigenvalue weighted by atomic mass is 9.73. The van der Waals surface area contributed by atoms with Gasteiger partial charge in [-0.2, -0.15) is 0 Å². The van der Waals surface area contributed by atoms with Crippen molar-refractivity contribution in [1.29, 1.82) is 0 Å². The van der Waals surface area contributed by atoms with Gasteiger partial charge in [-0.1, -0.05) is 43.1 Å². The highest BCUT2D eigenvalue weighted by Crippen LogP contribution is 2.38. The van der Waals surface area contributed by atoms with Crippen LogP contribution in [0.25, 0.3) is 0 Å². The van der Waals surface area contributed by atoms with Gasteiger partial charge in [0.1, 0.15) is 0 Å². The van der Waals surface area contributed by atoms with Crippen LogP contribution in [0.5, 0.6) is 0 Å². The van der Waals surface area contributed by atoms with Crippen molar-refractivity contribution in [2.24, 2.45) is 11.1 Å². The smallest absolute Gasteiger partial charge is 0.237 e. The quantitative estimate of drug-likeness (QED) is 0.775. The van der Waals surface area contributed by atoms with Crippen molar-refractivity contribution in [3.05, 3.63) is 27.7 Å². The van der Waals surface area contributed by atoms with Crippen LogP contribution in [0.2, 0.25) is 5.02 Å². The molecule has 0 heterocycles. The van der Waals surface area contributed by atoms with Crippen LogP contribution in [0.4, 0.5) is 5.69 Å². The molecule has 0 unspecified atom stereocenters. The number of carbonyl (C=O) groups excluding carboxylic acids is 1. The summed E-state index contributed by atoms with van der Waals surface area (Å²) >= 11 is 14.4. The van der Waals surface area contributed by atoms with Crippen LogP contribution in [-0.2, 0) is 4.79 Å². The fraction of sp³-hybridized carbons (Fsp3) is 0.429. The van der Waals surface area contributed by atoms with Crippen LogP contribution >= 0.6 is 39.7 Å². The zero-order valence-corrected chi connectivity index (χ0v) is 14.1. The van der Waals surface area contributed by atoms with Gasteiger partial charge in [-0.3, -0.25) is 4.79 Å². The number of hydrogen-bond donors (Lipinski definition) is 2. The molecule has 1 aliphatic rings. The van der Waals surface area contributed by atoms with Gasteiger partial charge in [0.15, 0.2) is 0 Å². The summed E-state index contributed by atoms with van der Waals surface area (Å²) < 4.78 is 0.743. The van der Waals surface area contributed by atoms with E-state index >= 15 is 0 Å². The zero-order chi connectivity index (χ0) is 14.8. The van der Waals surface area contributed by atoms with Crippen molar-refractivity contribution in [3.8, 4) is 0 Å². The minimum atomic E-state index is -0.716. The van der Waals surface area contributed by atoms with Crippen molar-refractivity contribution >= 4 is 56.3 Å². The third-order valence-electron chi connectivity index (χ3n) is 3.79. The molecule has 0 radical (unpaired) electrons. The van der Waals surface area contributed by atoms with E-state index in [2.05, 4.69) is 21.2 Å². The van der Waals surface area contributed by atoms with Gasteiger partial charge in [0.2, 0.25) is 5.91 Å². The van der Waals surface area contributed by atoms with Crippen molar-refractivity contribution in [3.63, 3.8) is 0 Å². The normalized spacial score (nSPS) is 17.5. The number of amides is 1. The summed E-state index contributed by atoms with van der Waals surface area (Å²) in [5.74, 6) is -0.118. The monoisotopic (exact) mass is 374 g/mol. The SMILES string of the molecule is NC(=S)C1(C(=O)Nc2ccc(Cl)cc2Br)CCCCC1. The van der Waals surface area contributed by atoms with E-state index in [1.165, 1.54) is 0 Å². The molecule has 3 nitrogen and oxygen atoms in total. The summed E-state index contributed by atoms with van der Waals surface area (Å²) in [4.78, 5) is 12.9. The fourth-order valence-electron chi connectivity index (χ4n) is 2.57. The number of anilines is 1. The highest BCUT2D eigenvalue weighted by atomic mass is 79.9. The molecule has 0 saturated heterocycles. The Hall–Kier alpha value is -0.650. The summed E-state index contributed by atoms with van der Waals surface area (Å²) in [6.45, 7) is 0. The van der Waals surface area contributed by atoms with Crippen molar-refractivity contribution in [1.82, 2.24) is 0 Å². The van der Waals surface area contributed by atoms with Gasteiger partial charge in [0, 0.05) is 9.50 Å². The molecule has 1 fully saturated rings. The van der Waals surface area contributed by atoms with E-state index in [1.54, 1.807) is 18.2 Å². The highest BCUT2D eigenvalue weighted by molar-refractivity contribution is 9.10. The minimum absolute atomic E-state index is 0.118. The van der Waals surface area contributed by atoms with E-state index in [0.717, 1.165) is 36.6 Å². The number of rotatable bonds is 3. The zero-order valence-electron chi connectivity index (χ0n) is 10.9. The molecule has 0 aliphatic heterocycles. The second kappa shape index (κ2) is 6.41. The second-order valence-electron chi connectivity index (χ2n) is 5.09. The van der Waals surface area contributed by atoms with E-state index in [1.807, 2.05) is 0 Å². The molecule has 1 aromatic rings. The number of benzene rings is 1. The van der Waals surface area contributed by atoms with Gasteiger partial charge in [-0.25, -0.2) is 0 Å². The Kier molecular flexibility index (Phi) is 5.04. The molecule has 1 aliphatic carbocycles. The first-order valence-electron chi connectivity index (χ1n) is 6.52. The molecule has 1 amide bonds. The Morgan fingerprint density at radius 3 is 2.55 bits per heavy atom. The number of hydrogen-bond acceptors (Lipinski definition) is 2. The maximum Gasteiger partial charge on any atom is 0.237 e. The van der Waals surface area contributed by atoms with Gasteiger partial charge in [-0.15, -0.1) is 0 Å². The van der Waals surface area contributed by atoms with Crippen LogP contribution in [0.1, 0.15) is 32.1 Å². The van der Waals surface area contributed by atoms with Gasteiger partial charge in [0.05, 0.1) is 16.1 Å². The molecular formula is C14H16BrClN2OS. The lowest BCUT2D eigenvalue weighted by Gasteiger charge is -2.34. The molecule has 20 heavy (non-hydrogen) atoms. The molecule has 0 atom stereocenters. The number of thiocarbonyl (C=S) groups is 1. The summed E-state index contributed by atoms with van der Waals surface area (Å²) in [5, 5.41) is 3.53. The van der Waals surface area contributed by atoms with Gasteiger partial charge in [0.25, 0.3) is 0 Å². The van der Waals surface area contributed by atoms with E-state index in [9.17, 15) is 4.79 Å². The van der Waals surface area contributed by atoms with Crippen molar-refractivity contribution in [2.75, 3.05) is 5.32 Å². The first-order valence-corrected chi connectivity index (χ1v) is 8.10. The lowest BCUT2D eigenvalue weighted by Crippen LogP contribution is -2.47. The average molecular weight is 376 g/mol. The first-order chi connectivity index (χ1) is 9.45. The first kappa shape index (κ1) is 15.7. The molecule has 6 heteroatoms. The van der Waals surface area contributed by atoms with Gasteiger partial charge < -0.3 is 11.1 Å². The predicted molar refractivity (Wildman–Crippen MR) is 90.1 cm³/mol. The Balaban J connectivity index is 2.22. The molecule has 0 bridgehead atoms. The van der Waals surface area contributed by atoms with E-state index in [0.29, 0.717) is 15.7 Å². The van der Waals surface area contributed by atoms with Crippen LogP contribution in [-0.4, -0.2) is 10.9 Å². The maximum atomic E-state index is 12.6. The number of halogens is 2. The largest absolute Gasteiger partial charge is 0.392 e. The molecule has 108 valence electrons. The summed E-state index contributed by atoms with van der Waals surface area (Å²) in [7, 11) is 0. The van der Waals surface area contributed by atoms with Crippen LogP contribution < -0.4 is 11.1 Å². The van der Waals surface area contributed by atoms with Crippen molar-refractivity contribution in [2.45, 2.75) is 32.1 Å². The number of carbonyl (C=O) groups is 1. The van der Waals surface area contributed by atoms with Gasteiger partial charge in [-0.05, 0) is 47.0 Å². The molecule has 1 saturated carbocycles. The van der Waals surface area contributed by atoms with Crippen molar-refractivity contribution < 1.29 is 4.79 Å². The maximum absolute atomic E-state index is 12.6. The highest BCUT2D eigenvalue weighted by Gasteiger charge is 2.42. The van der Waals surface area contributed by atoms with E-state index in [-0.39, 0.29) is 5.91 Å². The molecule has 0 spiro atoms. The molecule has 1 aromatic carbocycles. The summed E-state index contributed by atoms with van der Waals surface area (Å²) in [6, 6.07) is 5.24. The third-order valence-corrected chi connectivity index (χ3v) is 5.07. The predicted octanol–water partition coefficient (Wildman–Crippen LogP) is 4.28. The van der Waals surface area contributed by atoms with Gasteiger partial charge >= 0.3 is 0 Å². The Bertz CT molecular complexity index is 544. The van der Waals surface area contributed by atoms with Crippen LogP contribution in [0, 0.1) is 5.41 Å². The standard InChI is InChI=1S/C14H16BrClN2OS/c15-10-8-9(16)4-5-11(10)18-13(19)14(12(17)20)6-2-1-3-7-14/h4-5,8H,1-3,6-7H2,(H2,17,20)(H,18,19). The lowest BCUT2D eigenvalue weighted by molar-refractivity contribution is -0.123. The summed E-state index contributed by atoms with van der Waals surface area (Å²) in [6.07, 6.45) is 4.53. The average Bonchev–Trinajstić information content (AvgIpc) is 2.42. The van der Waals surface area contributed by atoms with E-state index < -0.39 is 5.41 Å². The number of nitrogens with two attached hydrogens (primary N) is 1. The summed E-state index contributed by atoms with van der Waals surface area (Å²) in [5.41, 5.74) is 5.82. The fourth-order valence-corrected chi connectivity index (χ4v) is 3.65. The Morgan fingerprint density at radius 1 is 1.35 bits per heavy atom. The van der Waals surface area contributed by atoms with E-state index in [4.69, 9.17) is 29.6 Å². The second-order valence-corrected chi connectivity index (χ2v) is 6.82. The number of nitrogens with one attached hydrogen (secondary N) is 1. The van der Waals surface area contributed by atoms with Crippen LogP contribution in [0.3, 0.4) is 0 Å². The Labute approximate surface area is 137 Å². The van der Waals surface area contributed by atoms with Crippen LogP contribution in [0.15, 0.2) is 22.7 Å². The molecule has 3 N–H and O–H groups in total. The minimum Gasteiger partial charge on any atom is -0.392 e. The molecular weight excluding hydrogens is 360 g/mol. The molecule has 2 rings (SSSR count). The third kappa shape index (κ3) is 3.15. The topological polar surface area (TPSA) is 55.1 Å². The Morgan fingerprint density at radius 2 is 2.00 bits per heavy atom.